The molecule has 2 heteroatoms. The average molecular weight is 165 g/mol. The summed E-state index contributed by atoms with van der Waals surface area (Å²) in [5.74, 6) is 0.208. The summed E-state index contributed by atoms with van der Waals surface area (Å²) in [6.45, 7) is 2.04. The fraction of sp³-hybridized carbons (Fsp3) is 0.400. The summed E-state index contributed by atoms with van der Waals surface area (Å²) in [5, 5.41) is 9.01. The zero-order chi connectivity index (χ0) is 8.97. The third-order valence-corrected chi connectivity index (χ3v) is 1.83. The number of hydrogen-bond acceptors (Lipinski definition) is 2. The van der Waals surface area contributed by atoms with Crippen LogP contribution in [0.2, 0.25) is 0 Å². The lowest BCUT2D eigenvalue weighted by Crippen LogP contribution is -2.07. The molecular weight excluding hydrogens is 152 g/mol. The molecule has 0 saturated carbocycles. The minimum atomic E-state index is 0.0414. The molecule has 12 heavy (non-hydrogen) atoms. The maximum Gasteiger partial charge on any atom is 0.166 e. The van der Waals surface area contributed by atoms with Crippen molar-refractivity contribution in [3.05, 3.63) is 29.9 Å². The largest absolute Gasteiger partial charge is 0.512 e. The van der Waals surface area contributed by atoms with Gasteiger partial charge in [-0.05, 0) is 24.5 Å². The first-order valence-electron chi connectivity index (χ1n) is 4.17. The number of ketones is 1. The van der Waals surface area contributed by atoms with E-state index in [0.717, 1.165) is 18.4 Å². The Kier molecular flexibility index (Phi) is 3.09. The van der Waals surface area contributed by atoms with Crippen LogP contribution in [0.25, 0.3) is 0 Å². The minimum absolute atomic E-state index is 0.0414. The molecule has 0 atom stereocenters. The number of aliphatic hydroxyl groups excluding tert-OH is 1. The fourth-order valence-electron chi connectivity index (χ4n) is 1.11. The summed E-state index contributed by atoms with van der Waals surface area (Å²) in [4.78, 5) is 11.2. The molecule has 0 amide bonds. The van der Waals surface area contributed by atoms with Crippen LogP contribution in [0.15, 0.2) is 23.5 Å². The van der Waals surface area contributed by atoms with Gasteiger partial charge in [-0.25, -0.2) is 0 Å². The maximum absolute atomic E-state index is 11.2. The van der Waals surface area contributed by atoms with Gasteiger partial charge in [-0.3, -0.25) is 4.79 Å². The Morgan fingerprint density at radius 2 is 2.33 bits per heavy atom. The Hall–Kier alpha value is -1.05. The lowest BCUT2D eigenvalue weighted by Gasteiger charge is -2.08. The maximum atomic E-state index is 11.2. The van der Waals surface area contributed by atoms with E-state index in [-0.39, 0.29) is 18.0 Å². The van der Waals surface area contributed by atoms with E-state index in [1.54, 1.807) is 12.2 Å². The molecule has 1 radical (unpaired) electrons. The predicted octanol–water partition coefficient (Wildman–Crippen LogP) is 2.33. The van der Waals surface area contributed by atoms with Gasteiger partial charge < -0.3 is 5.11 Å². The highest BCUT2D eigenvalue weighted by atomic mass is 16.3. The molecule has 0 aromatic heterocycles. The fourth-order valence-corrected chi connectivity index (χ4v) is 1.11. The summed E-state index contributed by atoms with van der Waals surface area (Å²) >= 11 is 0. The second kappa shape index (κ2) is 4.10. The van der Waals surface area contributed by atoms with E-state index in [0.29, 0.717) is 0 Å². The molecule has 1 aliphatic carbocycles. The predicted molar refractivity (Wildman–Crippen MR) is 47.6 cm³/mol. The summed E-state index contributed by atoms with van der Waals surface area (Å²) in [7, 11) is 0. The van der Waals surface area contributed by atoms with Crippen LogP contribution >= 0.6 is 0 Å². The van der Waals surface area contributed by atoms with Crippen molar-refractivity contribution in [2.24, 2.45) is 0 Å². The Morgan fingerprint density at radius 3 is 2.92 bits per heavy atom. The molecule has 0 fully saturated rings. The summed E-state index contributed by atoms with van der Waals surface area (Å²) in [5.41, 5.74) is 0.801. The molecule has 0 heterocycles. The first-order valence-corrected chi connectivity index (χ1v) is 4.17. The van der Waals surface area contributed by atoms with Crippen molar-refractivity contribution in [3.8, 4) is 0 Å². The van der Waals surface area contributed by atoms with Gasteiger partial charge >= 0.3 is 0 Å². The van der Waals surface area contributed by atoms with Crippen LogP contribution in [0.3, 0.4) is 0 Å². The number of carbonyl (C=O) groups is 1. The van der Waals surface area contributed by atoms with Crippen LogP contribution in [-0.2, 0) is 4.79 Å². The van der Waals surface area contributed by atoms with Crippen LogP contribution < -0.4 is 0 Å². The van der Waals surface area contributed by atoms with Crippen molar-refractivity contribution in [2.75, 3.05) is 0 Å². The van der Waals surface area contributed by atoms with E-state index in [2.05, 4.69) is 6.42 Å². The lowest BCUT2D eigenvalue weighted by atomic mass is 9.97. The van der Waals surface area contributed by atoms with Crippen LogP contribution in [0, 0.1) is 6.42 Å². The zero-order valence-electron chi connectivity index (χ0n) is 7.21. The van der Waals surface area contributed by atoms with Gasteiger partial charge in [-0.15, -0.1) is 0 Å². The molecule has 1 N–H and O–H groups in total. The van der Waals surface area contributed by atoms with Gasteiger partial charge in [0.15, 0.2) is 5.78 Å². The third kappa shape index (κ3) is 2.22. The van der Waals surface area contributed by atoms with Crippen molar-refractivity contribution in [2.45, 2.75) is 26.2 Å². The molecule has 0 saturated heterocycles. The van der Waals surface area contributed by atoms with E-state index >= 15 is 0 Å². The highest BCUT2D eigenvalue weighted by Gasteiger charge is 2.13. The van der Waals surface area contributed by atoms with Crippen LogP contribution in [-0.4, -0.2) is 10.9 Å². The first-order chi connectivity index (χ1) is 5.74. The van der Waals surface area contributed by atoms with Gasteiger partial charge in [-0.1, -0.05) is 19.4 Å². The van der Waals surface area contributed by atoms with Crippen molar-refractivity contribution in [1.82, 2.24) is 0 Å². The van der Waals surface area contributed by atoms with Crippen LogP contribution in [0.4, 0.5) is 0 Å². The molecule has 1 rings (SSSR count). The van der Waals surface area contributed by atoms with Crippen LogP contribution in [0.1, 0.15) is 26.2 Å². The van der Waals surface area contributed by atoms with Crippen LogP contribution in [0.5, 0.6) is 0 Å². The van der Waals surface area contributed by atoms with Gasteiger partial charge in [0.2, 0.25) is 0 Å². The van der Waals surface area contributed by atoms with Gasteiger partial charge in [0, 0.05) is 0 Å². The number of rotatable bonds is 3. The average Bonchev–Trinajstić information content (AvgIpc) is 2.03. The highest BCUT2D eigenvalue weighted by molar-refractivity contribution is 5.98. The summed E-state index contributed by atoms with van der Waals surface area (Å²) < 4.78 is 0. The Balaban J connectivity index is 2.57. The van der Waals surface area contributed by atoms with E-state index in [1.165, 1.54) is 0 Å². The van der Waals surface area contributed by atoms with E-state index in [9.17, 15) is 4.79 Å². The monoisotopic (exact) mass is 165 g/mol. The number of hydrogen-bond donors (Lipinski definition) is 1. The third-order valence-electron chi connectivity index (χ3n) is 1.83. The molecule has 65 valence electrons. The summed E-state index contributed by atoms with van der Waals surface area (Å²) in [6.07, 6.45) is 7.22. The standard InChI is InChI=1S/C10H13O2/c1-2-3-4-8-5-6-9(11)7-10(8)12/h3,5-6,11H,2,4,7H2,1H3. The topological polar surface area (TPSA) is 37.3 Å². The molecule has 0 unspecified atom stereocenters. The molecular formula is C10H13O2. The zero-order valence-corrected chi connectivity index (χ0v) is 7.21. The number of Topliss-reactive ketones (excluding diaryl/α,β-unsaturated/α-hetero) is 1. The Morgan fingerprint density at radius 1 is 1.58 bits per heavy atom. The molecule has 0 aromatic rings. The Bertz CT molecular complexity index is 236. The molecule has 0 spiro atoms. The number of aliphatic hydroxyl groups is 1. The smallest absolute Gasteiger partial charge is 0.166 e. The van der Waals surface area contributed by atoms with Gasteiger partial charge in [0.25, 0.3) is 0 Å². The first kappa shape index (κ1) is 9.04. The van der Waals surface area contributed by atoms with Crippen molar-refractivity contribution in [3.63, 3.8) is 0 Å². The molecule has 2 nitrogen and oxygen atoms in total. The minimum Gasteiger partial charge on any atom is -0.512 e. The second-order valence-corrected chi connectivity index (χ2v) is 2.85. The summed E-state index contributed by atoms with van der Waals surface area (Å²) in [6, 6.07) is 0. The number of unbranched alkanes of at least 4 members (excludes halogenated alkanes) is 1. The molecule has 0 bridgehead atoms. The van der Waals surface area contributed by atoms with Gasteiger partial charge in [0.1, 0.15) is 0 Å². The lowest BCUT2D eigenvalue weighted by molar-refractivity contribution is -0.115. The molecule has 0 aliphatic heterocycles. The SMILES string of the molecule is CC[CH]CC1=CC=C(O)CC1=O. The number of allylic oxidation sites excluding steroid dienone is 4. The molecule has 1 aliphatic rings. The van der Waals surface area contributed by atoms with Gasteiger partial charge in [0.05, 0.1) is 12.2 Å². The number of carbonyl (C=O) groups excluding carboxylic acids is 1. The van der Waals surface area contributed by atoms with E-state index in [1.807, 2.05) is 6.92 Å². The van der Waals surface area contributed by atoms with Crippen molar-refractivity contribution in [1.29, 1.82) is 0 Å². The van der Waals surface area contributed by atoms with Gasteiger partial charge in [-0.2, -0.15) is 0 Å². The van der Waals surface area contributed by atoms with Crippen molar-refractivity contribution >= 4 is 5.78 Å². The second-order valence-electron chi connectivity index (χ2n) is 2.85. The quantitative estimate of drug-likeness (QED) is 0.696. The normalized spacial score (nSPS) is 17.2. The highest BCUT2D eigenvalue weighted by Crippen LogP contribution is 2.17. The van der Waals surface area contributed by atoms with Crippen molar-refractivity contribution < 1.29 is 9.90 Å². The molecule has 0 aromatic carbocycles. The Labute approximate surface area is 72.6 Å². The van der Waals surface area contributed by atoms with E-state index < -0.39 is 0 Å². The van der Waals surface area contributed by atoms with E-state index in [4.69, 9.17) is 5.11 Å².